The van der Waals surface area contributed by atoms with Crippen LogP contribution in [-0.2, 0) is 0 Å². The summed E-state index contributed by atoms with van der Waals surface area (Å²) in [6.07, 6.45) is 3.50. The molecule has 1 saturated heterocycles. The normalized spacial score (nSPS) is 25.5. The number of rotatable bonds is 2. The van der Waals surface area contributed by atoms with Crippen molar-refractivity contribution >= 4 is 5.96 Å². The number of hydrogen-bond acceptors (Lipinski definition) is 4. The summed E-state index contributed by atoms with van der Waals surface area (Å²) in [7, 11) is 0. The highest BCUT2D eigenvalue weighted by molar-refractivity contribution is 5.81. The van der Waals surface area contributed by atoms with Crippen molar-refractivity contribution in [2.24, 2.45) is 10.7 Å². The maximum Gasteiger partial charge on any atom is 0.191 e. The molecule has 0 aliphatic carbocycles. The van der Waals surface area contributed by atoms with Crippen molar-refractivity contribution in [1.29, 1.82) is 0 Å². The Morgan fingerprint density at radius 1 is 1.50 bits per heavy atom. The van der Waals surface area contributed by atoms with Crippen LogP contribution in [0.15, 0.2) is 4.99 Å². The van der Waals surface area contributed by atoms with Gasteiger partial charge in [-0.1, -0.05) is 6.92 Å². The second-order valence-corrected chi connectivity index (χ2v) is 4.30. The third-order valence-corrected chi connectivity index (χ3v) is 3.37. The van der Waals surface area contributed by atoms with Crippen molar-refractivity contribution in [1.82, 2.24) is 10.2 Å². The first kappa shape index (κ1) is 9.77. The Morgan fingerprint density at radius 2 is 2.21 bits per heavy atom. The molecule has 0 saturated carbocycles. The number of nitrogens with zero attached hydrogens (tertiary/aromatic N) is 2. The van der Waals surface area contributed by atoms with Gasteiger partial charge in [0, 0.05) is 6.54 Å². The molecule has 14 heavy (non-hydrogen) atoms. The van der Waals surface area contributed by atoms with Crippen molar-refractivity contribution in [2.45, 2.75) is 31.7 Å². The molecule has 2 heterocycles. The SMILES string of the molecule is CCCN1C(N)=NCC12CCNCC2. The van der Waals surface area contributed by atoms with Gasteiger partial charge in [0.15, 0.2) is 5.96 Å². The molecule has 0 unspecified atom stereocenters. The van der Waals surface area contributed by atoms with Gasteiger partial charge in [-0.3, -0.25) is 4.99 Å². The molecule has 2 rings (SSSR count). The molecule has 0 bridgehead atoms. The Kier molecular flexibility index (Phi) is 2.63. The zero-order chi connectivity index (χ0) is 10.0. The summed E-state index contributed by atoms with van der Waals surface area (Å²) in [6.45, 7) is 6.35. The maximum absolute atomic E-state index is 5.93. The number of nitrogens with one attached hydrogen (secondary N) is 1. The first-order valence-electron chi connectivity index (χ1n) is 5.57. The predicted octanol–water partition coefficient (Wildman–Crippen LogP) is 0.149. The van der Waals surface area contributed by atoms with Gasteiger partial charge >= 0.3 is 0 Å². The highest BCUT2D eigenvalue weighted by Gasteiger charge is 2.42. The van der Waals surface area contributed by atoms with Gasteiger partial charge in [-0.2, -0.15) is 0 Å². The van der Waals surface area contributed by atoms with E-state index in [9.17, 15) is 0 Å². The Bertz CT molecular complexity index is 230. The molecule has 1 fully saturated rings. The molecule has 2 aliphatic heterocycles. The van der Waals surface area contributed by atoms with Gasteiger partial charge < -0.3 is 16.0 Å². The van der Waals surface area contributed by atoms with Crippen LogP contribution >= 0.6 is 0 Å². The van der Waals surface area contributed by atoms with Crippen LogP contribution in [-0.4, -0.2) is 42.6 Å². The zero-order valence-corrected chi connectivity index (χ0v) is 8.92. The Labute approximate surface area is 85.6 Å². The third-order valence-electron chi connectivity index (χ3n) is 3.37. The first-order valence-corrected chi connectivity index (χ1v) is 5.57. The molecule has 0 aromatic rings. The quantitative estimate of drug-likeness (QED) is 0.661. The highest BCUT2D eigenvalue weighted by atomic mass is 15.4. The second-order valence-electron chi connectivity index (χ2n) is 4.30. The van der Waals surface area contributed by atoms with Crippen molar-refractivity contribution < 1.29 is 0 Å². The largest absolute Gasteiger partial charge is 0.370 e. The molecule has 0 amide bonds. The van der Waals surface area contributed by atoms with E-state index in [-0.39, 0.29) is 5.54 Å². The smallest absolute Gasteiger partial charge is 0.191 e. The molecule has 4 nitrogen and oxygen atoms in total. The molecule has 2 aliphatic rings. The van der Waals surface area contributed by atoms with Crippen LogP contribution in [0.5, 0.6) is 0 Å². The Balaban J connectivity index is 2.10. The monoisotopic (exact) mass is 196 g/mol. The van der Waals surface area contributed by atoms with Crippen LogP contribution in [0.2, 0.25) is 0 Å². The van der Waals surface area contributed by atoms with Crippen LogP contribution < -0.4 is 11.1 Å². The van der Waals surface area contributed by atoms with Crippen molar-refractivity contribution in [3.05, 3.63) is 0 Å². The van der Waals surface area contributed by atoms with E-state index >= 15 is 0 Å². The van der Waals surface area contributed by atoms with E-state index in [0.29, 0.717) is 0 Å². The van der Waals surface area contributed by atoms with Crippen molar-refractivity contribution in [3.63, 3.8) is 0 Å². The summed E-state index contributed by atoms with van der Waals surface area (Å²) in [4.78, 5) is 6.73. The number of piperidine rings is 1. The van der Waals surface area contributed by atoms with E-state index in [1.807, 2.05) is 0 Å². The van der Waals surface area contributed by atoms with Crippen LogP contribution in [0, 0.1) is 0 Å². The molecule has 0 aromatic carbocycles. The van der Waals surface area contributed by atoms with Gasteiger partial charge in [0.2, 0.25) is 0 Å². The van der Waals surface area contributed by atoms with E-state index in [1.165, 1.54) is 12.8 Å². The maximum atomic E-state index is 5.93. The molecule has 80 valence electrons. The van der Waals surface area contributed by atoms with Gasteiger partial charge in [-0.05, 0) is 32.4 Å². The van der Waals surface area contributed by atoms with E-state index in [2.05, 4.69) is 22.1 Å². The first-order chi connectivity index (χ1) is 6.78. The average Bonchev–Trinajstić information content (AvgIpc) is 2.49. The summed E-state index contributed by atoms with van der Waals surface area (Å²) >= 11 is 0. The lowest BCUT2D eigenvalue weighted by Gasteiger charge is -2.42. The van der Waals surface area contributed by atoms with E-state index < -0.39 is 0 Å². The number of guanidine groups is 1. The van der Waals surface area contributed by atoms with Crippen molar-refractivity contribution in [2.75, 3.05) is 26.2 Å². The van der Waals surface area contributed by atoms with Crippen LogP contribution in [0.4, 0.5) is 0 Å². The fraction of sp³-hybridized carbons (Fsp3) is 0.900. The second kappa shape index (κ2) is 3.77. The van der Waals surface area contributed by atoms with Gasteiger partial charge in [-0.25, -0.2) is 0 Å². The Hall–Kier alpha value is -0.770. The summed E-state index contributed by atoms with van der Waals surface area (Å²) < 4.78 is 0. The van der Waals surface area contributed by atoms with Gasteiger partial charge in [0.05, 0.1) is 12.1 Å². The molecular formula is C10H20N4. The minimum atomic E-state index is 0.255. The Morgan fingerprint density at radius 3 is 2.86 bits per heavy atom. The molecule has 3 N–H and O–H groups in total. The molecule has 4 heteroatoms. The topological polar surface area (TPSA) is 53.6 Å². The highest BCUT2D eigenvalue weighted by Crippen LogP contribution is 2.30. The lowest BCUT2D eigenvalue weighted by molar-refractivity contribution is 0.150. The predicted molar refractivity (Wildman–Crippen MR) is 58.3 cm³/mol. The molecule has 1 spiro atoms. The average molecular weight is 196 g/mol. The molecule has 0 radical (unpaired) electrons. The standard InChI is InChI=1S/C10H20N4/c1-2-7-14-9(11)13-8-10(14)3-5-12-6-4-10/h12H,2-8H2,1H3,(H2,11,13). The fourth-order valence-corrected chi connectivity index (χ4v) is 2.54. The molecular weight excluding hydrogens is 176 g/mol. The fourth-order valence-electron chi connectivity index (χ4n) is 2.54. The van der Waals surface area contributed by atoms with E-state index in [0.717, 1.165) is 38.6 Å². The number of hydrogen-bond donors (Lipinski definition) is 2. The minimum Gasteiger partial charge on any atom is -0.370 e. The lowest BCUT2D eigenvalue weighted by Crippen LogP contribution is -2.56. The van der Waals surface area contributed by atoms with Crippen molar-refractivity contribution in [3.8, 4) is 0 Å². The van der Waals surface area contributed by atoms with Gasteiger partial charge in [0.1, 0.15) is 0 Å². The van der Waals surface area contributed by atoms with Crippen LogP contribution in [0.1, 0.15) is 26.2 Å². The molecule has 0 atom stereocenters. The van der Waals surface area contributed by atoms with Gasteiger partial charge in [0.25, 0.3) is 0 Å². The lowest BCUT2D eigenvalue weighted by atomic mass is 9.87. The van der Waals surface area contributed by atoms with Crippen LogP contribution in [0.3, 0.4) is 0 Å². The number of aliphatic imine (C=N–C) groups is 1. The van der Waals surface area contributed by atoms with E-state index in [4.69, 9.17) is 5.73 Å². The minimum absolute atomic E-state index is 0.255. The van der Waals surface area contributed by atoms with Gasteiger partial charge in [-0.15, -0.1) is 0 Å². The van der Waals surface area contributed by atoms with E-state index in [1.54, 1.807) is 0 Å². The third kappa shape index (κ3) is 1.47. The zero-order valence-electron chi connectivity index (χ0n) is 8.92. The summed E-state index contributed by atoms with van der Waals surface area (Å²) in [6, 6.07) is 0. The summed E-state index contributed by atoms with van der Waals surface area (Å²) in [5.74, 6) is 0.758. The summed E-state index contributed by atoms with van der Waals surface area (Å²) in [5.41, 5.74) is 6.18. The number of nitrogens with two attached hydrogens (primary N) is 1. The van der Waals surface area contributed by atoms with Crippen LogP contribution in [0.25, 0.3) is 0 Å². The molecule has 0 aromatic heterocycles. The summed E-state index contributed by atoms with van der Waals surface area (Å²) in [5, 5.41) is 3.39.